The predicted octanol–water partition coefficient (Wildman–Crippen LogP) is 6.94. The van der Waals surface area contributed by atoms with Gasteiger partial charge in [0, 0.05) is 17.2 Å². The van der Waals surface area contributed by atoms with Crippen LogP contribution in [0.25, 0.3) is 27.9 Å². The Hall–Kier alpha value is -3.21. The molecule has 0 spiro atoms. The molecule has 11 heteroatoms. The van der Waals surface area contributed by atoms with Crippen LogP contribution in [0.5, 0.6) is 0 Å². The Morgan fingerprint density at radius 1 is 1.11 bits per heavy atom. The fourth-order valence-corrected chi connectivity index (χ4v) is 5.86. The highest BCUT2D eigenvalue weighted by atomic mass is 35.5. The molecule has 0 amide bonds. The summed E-state index contributed by atoms with van der Waals surface area (Å²) in [6, 6.07) is 8.65. The van der Waals surface area contributed by atoms with Crippen molar-refractivity contribution in [2.45, 2.75) is 31.1 Å². The number of halogens is 3. The second-order valence-corrected chi connectivity index (χ2v) is 11.8. The minimum Gasteiger partial charge on any atom is -0.278 e. The van der Waals surface area contributed by atoms with Gasteiger partial charge in [0.25, 0.3) is 10.0 Å². The Morgan fingerprint density at radius 2 is 1.86 bits per heavy atom. The fourth-order valence-electron chi connectivity index (χ4n) is 3.27. The molecular formula is C25H21ClF2N4O2S2. The molecule has 1 N–H and O–H groups in total. The van der Waals surface area contributed by atoms with Gasteiger partial charge in [-0.25, -0.2) is 32.2 Å². The summed E-state index contributed by atoms with van der Waals surface area (Å²) in [6.45, 7) is 9.78. The summed E-state index contributed by atoms with van der Waals surface area (Å²) in [6.07, 6.45) is 3.14. The summed E-state index contributed by atoms with van der Waals surface area (Å²) in [7, 11) is -4.48. The third kappa shape index (κ3) is 5.16. The zero-order valence-corrected chi connectivity index (χ0v) is 21.9. The van der Waals surface area contributed by atoms with Crippen LogP contribution in [0.2, 0.25) is 5.02 Å². The summed E-state index contributed by atoms with van der Waals surface area (Å²) >= 11 is 8.11. The van der Waals surface area contributed by atoms with Crippen LogP contribution in [-0.2, 0) is 15.4 Å². The molecule has 36 heavy (non-hydrogen) atoms. The second kappa shape index (κ2) is 9.68. The van der Waals surface area contributed by atoms with Gasteiger partial charge in [-0.2, -0.15) is 0 Å². The van der Waals surface area contributed by atoms with Gasteiger partial charge in [-0.1, -0.05) is 51.1 Å². The average Bonchev–Trinajstić information content (AvgIpc) is 3.28. The molecule has 0 saturated carbocycles. The van der Waals surface area contributed by atoms with Crippen LogP contribution < -0.4 is 4.72 Å². The van der Waals surface area contributed by atoms with Crippen LogP contribution in [0.1, 0.15) is 31.6 Å². The van der Waals surface area contributed by atoms with E-state index in [1.807, 2.05) is 20.8 Å². The molecule has 6 nitrogen and oxygen atoms in total. The summed E-state index contributed by atoms with van der Waals surface area (Å²) in [5.41, 5.74) is 1.25. The van der Waals surface area contributed by atoms with E-state index in [2.05, 4.69) is 21.3 Å². The first kappa shape index (κ1) is 25.9. The van der Waals surface area contributed by atoms with Gasteiger partial charge in [0.05, 0.1) is 32.0 Å². The molecule has 0 atom stereocenters. The number of hydrogen-bond donors (Lipinski definition) is 1. The molecule has 186 valence electrons. The van der Waals surface area contributed by atoms with Crippen LogP contribution in [0.15, 0.2) is 60.1 Å². The van der Waals surface area contributed by atoms with Gasteiger partial charge in [-0.3, -0.25) is 4.72 Å². The third-order valence-corrected chi connectivity index (χ3v) is 8.33. The number of rotatable bonds is 6. The molecule has 2 heterocycles. The second-order valence-electron chi connectivity index (χ2n) is 8.80. The van der Waals surface area contributed by atoms with E-state index in [9.17, 15) is 17.2 Å². The zero-order chi connectivity index (χ0) is 26.3. The summed E-state index contributed by atoms with van der Waals surface area (Å²) in [5.74, 6) is -1.54. The summed E-state index contributed by atoms with van der Waals surface area (Å²) in [5, 5.41) is 0.859. The molecular weight excluding hydrogens is 526 g/mol. The summed E-state index contributed by atoms with van der Waals surface area (Å²) in [4.78, 5) is 13.4. The van der Waals surface area contributed by atoms with Crippen molar-refractivity contribution in [1.29, 1.82) is 0 Å². The monoisotopic (exact) mass is 546 g/mol. The van der Waals surface area contributed by atoms with Crippen molar-refractivity contribution in [3.63, 3.8) is 0 Å². The largest absolute Gasteiger partial charge is 0.278 e. The highest BCUT2D eigenvalue weighted by Crippen LogP contribution is 2.44. The number of thiazole rings is 1. The van der Waals surface area contributed by atoms with Gasteiger partial charge in [-0.15, -0.1) is 11.3 Å². The Balaban J connectivity index is 1.85. The predicted molar refractivity (Wildman–Crippen MR) is 140 cm³/mol. The van der Waals surface area contributed by atoms with Crippen LogP contribution in [-0.4, -0.2) is 23.4 Å². The van der Waals surface area contributed by atoms with E-state index >= 15 is 0 Å². The standard InChI is InChI=1S/C25H21ClF2N4O2S2/c1-5-20-29-12-11-18(30-20)23-22(31-24(35-23)25(2,3)4)15-7-6-8-17(21(15)26)32-36(33,34)19-13-14(27)9-10-16(19)28/h5-13,32H,1H2,2-4H3. The SMILES string of the molecule is C=Cc1nccc(-c2sc(C(C)(C)C)nc2-c2cccc(NS(=O)(=O)c3cc(F)ccc3F)c2Cl)n1. The van der Waals surface area contributed by atoms with Gasteiger partial charge >= 0.3 is 0 Å². The maximum atomic E-state index is 14.2. The Labute approximate surface area is 216 Å². The molecule has 2 aromatic heterocycles. The average molecular weight is 547 g/mol. The molecule has 0 aliphatic rings. The number of benzene rings is 2. The number of nitrogens with one attached hydrogen (secondary N) is 1. The van der Waals surface area contributed by atoms with Gasteiger partial charge in [0.2, 0.25) is 0 Å². The molecule has 4 aromatic rings. The van der Waals surface area contributed by atoms with Gasteiger partial charge in [-0.05, 0) is 36.4 Å². The molecule has 0 aliphatic heterocycles. The maximum Gasteiger partial charge on any atom is 0.264 e. The van der Waals surface area contributed by atoms with Crippen molar-refractivity contribution in [2.75, 3.05) is 4.72 Å². The fraction of sp³-hybridized carbons (Fsp3) is 0.160. The van der Waals surface area contributed by atoms with Crippen LogP contribution in [0.4, 0.5) is 14.5 Å². The van der Waals surface area contributed by atoms with Crippen molar-refractivity contribution in [3.8, 4) is 21.8 Å². The Kier molecular flexibility index (Phi) is 6.96. The van der Waals surface area contributed by atoms with E-state index in [1.165, 1.54) is 23.5 Å². The van der Waals surface area contributed by atoms with Crippen molar-refractivity contribution in [3.05, 3.63) is 82.7 Å². The first-order valence-electron chi connectivity index (χ1n) is 10.6. The van der Waals surface area contributed by atoms with Crippen molar-refractivity contribution in [1.82, 2.24) is 15.0 Å². The molecule has 0 aliphatic carbocycles. The molecule has 0 unspecified atom stereocenters. The van der Waals surface area contributed by atoms with E-state index in [0.717, 1.165) is 17.1 Å². The van der Waals surface area contributed by atoms with Gasteiger partial charge in [0.15, 0.2) is 5.82 Å². The first-order valence-corrected chi connectivity index (χ1v) is 13.3. The Bertz CT molecular complexity index is 1580. The van der Waals surface area contributed by atoms with Crippen molar-refractivity contribution < 1.29 is 17.2 Å². The van der Waals surface area contributed by atoms with E-state index < -0.39 is 26.6 Å². The minimum absolute atomic E-state index is 0.0106. The number of nitrogens with zero attached hydrogens (tertiary/aromatic N) is 3. The maximum absolute atomic E-state index is 14.2. The van der Waals surface area contributed by atoms with Crippen LogP contribution >= 0.6 is 22.9 Å². The molecule has 2 aromatic carbocycles. The summed E-state index contributed by atoms with van der Waals surface area (Å²) < 4.78 is 55.8. The van der Waals surface area contributed by atoms with Crippen molar-refractivity contribution >= 4 is 44.7 Å². The van der Waals surface area contributed by atoms with E-state index in [1.54, 1.807) is 24.4 Å². The number of hydrogen-bond acceptors (Lipinski definition) is 6. The zero-order valence-electron chi connectivity index (χ0n) is 19.5. The van der Waals surface area contributed by atoms with Crippen LogP contribution in [0, 0.1) is 11.6 Å². The molecule has 0 bridgehead atoms. The topological polar surface area (TPSA) is 84.8 Å². The highest BCUT2D eigenvalue weighted by Gasteiger charge is 2.27. The van der Waals surface area contributed by atoms with Crippen LogP contribution in [0.3, 0.4) is 0 Å². The minimum atomic E-state index is -4.48. The lowest BCUT2D eigenvalue weighted by Gasteiger charge is -2.14. The van der Waals surface area contributed by atoms with Gasteiger partial charge < -0.3 is 0 Å². The number of anilines is 1. The number of sulfonamides is 1. The Morgan fingerprint density at radius 3 is 2.56 bits per heavy atom. The smallest absolute Gasteiger partial charge is 0.264 e. The first-order chi connectivity index (χ1) is 16.9. The number of aromatic nitrogens is 3. The van der Waals surface area contributed by atoms with E-state index in [4.69, 9.17) is 16.6 Å². The van der Waals surface area contributed by atoms with Gasteiger partial charge in [0.1, 0.15) is 16.5 Å². The molecule has 0 radical (unpaired) electrons. The third-order valence-electron chi connectivity index (χ3n) is 5.04. The molecule has 0 saturated heterocycles. The molecule has 4 rings (SSSR count). The molecule has 0 fully saturated rings. The van der Waals surface area contributed by atoms with E-state index in [-0.39, 0.29) is 16.1 Å². The normalized spacial score (nSPS) is 11.9. The highest BCUT2D eigenvalue weighted by molar-refractivity contribution is 7.92. The quantitative estimate of drug-likeness (QED) is 0.283. The lowest BCUT2D eigenvalue weighted by Crippen LogP contribution is -2.15. The lowest BCUT2D eigenvalue weighted by molar-refractivity contribution is 0.555. The lowest BCUT2D eigenvalue weighted by atomic mass is 9.98. The van der Waals surface area contributed by atoms with Crippen molar-refractivity contribution in [2.24, 2.45) is 0 Å². The van der Waals surface area contributed by atoms with E-state index in [0.29, 0.717) is 33.7 Å².